The summed E-state index contributed by atoms with van der Waals surface area (Å²) in [6.45, 7) is 2.79. The van der Waals surface area contributed by atoms with E-state index in [1.807, 2.05) is 6.07 Å². The quantitative estimate of drug-likeness (QED) is 0.754. The summed E-state index contributed by atoms with van der Waals surface area (Å²) in [5, 5.41) is 0. The average Bonchev–Trinajstić information content (AvgIpc) is 2.84. The number of fused-ring (bicyclic) bond motifs is 1. The highest BCUT2D eigenvalue weighted by molar-refractivity contribution is 5.93. The molecule has 3 heterocycles. The van der Waals surface area contributed by atoms with Crippen molar-refractivity contribution in [1.29, 1.82) is 0 Å². The Labute approximate surface area is 151 Å². The first-order chi connectivity index (χ1) is 12.4. The third-order valence-electron chi connectivity index (χ3n) is 4.75. The number of methoxy groups -OCH3 is 1. The number of pyridine rings is 2. The molecule has 0 bridgehead atoms. The normalized spacial score (nSPS) is 13.7. The molecule has 7 nitrogen and oxygen atoms in total. The predicted molar refractivity (Wildman–Crippen MR) is 95.3 cm³/mol. The van der Waals surface area contributed by atoms with E-state index in [4.69, 9.17) is 4.74 Å². The van der Waals surface area contributed by atoms with Crippen molar-refractivity contribution in [2.45, 2.75) is 19.8 Å². The Morgan fingerprint density at radius 3 is 2.65 bits per heavy atom. The molecule has 0 spiro atoms. The van der Waals surface area contributed by atoms with Crippen LogP contribution in [0.25, 0.3) is 0 Å². The van der Waals surface area contributed by atoms with Gasteiger partial charge >= 0.3 is 5.97 Å². The molecule has 2 aromatic rings. The van der Waals surface area contributed by atoms with Crippen LogP contribution in [0.4, 0.5) is 0 Å². The molecule has 0 saturated heterocycles. The zero-order valence-corrected chi connectivity index (χ0v) is 15.1. The van der Waals surface area contributed by atoms with Crippen LogP contribution in [0.5, 0.6) is 0 Å². The van der Waals surface area contributed by atoms with Gasteiger partial charge in [-0.2, -0.15) is 0 Å². The van der Waals surface area contributed by atoms with Gasteiger partial charge in [-0.25, -0.2) is 4.79 Å². The Morgan fingerprint density at radius 2 is 1.92 bits per heavy atom. The van der Waals surface area contributed by atoms with E-state index in [1.54, 1.807) is 31.0 Å². The zero-order valence-electron chi connectivity index (χ0n) is 15.1. The first kappa shape index (κ1) is 17.8. The maximum Gasteiger partial charge on any atom is 0.339 e. The number of hydrogen-bond acceptors (Lipinski definition) is 5. The molecule has 3 rings (SSSR count). The van der Waals surface area contributed by atoms with Crippen LogP contribution < -0.4 is 5.56 Å². The zero-order chi connectivity index (χ0) is 18.8. The number of aromatic nitrogens is 2. The number of nitrogens with zero attached hydrogens (tertiary/aromatic N) is 3. The lowest BCUT2D eigenvalue weighted by molar-refractivity contribution is 0.0598. The minimum Gasteiger partial charge on any atom is -0.465 e. The molecule has 26 heavy (non-hydrogen) atoms. The van der Waals surface area contributed by atoms with Gasteiger partial charge in [-0.3, -0.25) is 14.6 Å². The predicted octanol–water partition coefficient (Wildman–Crippen LogP) is 1.12. The van der Waals surface area contributed by atoms with Crippen molar-refractivity contribution in [3.8, 4) is 0 Å². The van der Waals surface area contributed by atoms with Crippen molar-refractivity contribution >= 4 is 11.9 Å². The van der Waals surface area contributed by atoms with Crippen LogP contribution in [0.2, 0.25) is 0 Å². The summed E-state index contributed by atoms with van der Waals surface area (Å²) in [7, 11) is 2.94. The average molecular weight is 355 g/mol. The molecule has 7 heteroatoms. The van der Waals surface area contributed by atoms with Gasteiger partial charge in [0.05, 0.1) is 18.4 Å². The van der Waals surface area contributed by atoms with E-state index in [2.05, 4.69) is 4.98 Å². The highest BCUT2D eigenvalue weighted by Gasteiger charge is 2.23. The Bertz CT molecular complexity index is 933. The van der Waals surface area contributed by atoms with Crippen LogP contribution in [0.1, 0.15) is 37.8 Å². The van der Waals surface area contributed by atoms with Crippen molar-refractivity contribution in [3.05, 3.63) is 62.8 Å². The fraction of sp³-hybridized carbons (Fsp3) is 0.368. The molecule has 1 amide bonds. The number of hydrogen-bond donors (Lipinski definition) is 0. The van der Waals surface area contributed by atoms with E-state index in [1.165, 1.54) is 17.7 Å². The lowest BCUT2D eigenvalue weighted by Crippen LogP contribution is -2.36. The molecule has 0 aliphatic carbocycles. The number of ether oxygens (including phenoxy) is 1. The molecule has 0 fully saturated rings. The maximum atomic E-state index is 12.8. The summed E-state index contributed by atoms with van der Waals surface area (Å²) in [6, 6.07) is 6.49. The lowest BCUT2D eigenvalue weighted by Gasteiger charge is -2.21. The van der Waals surface area contributed by atoms with Gasteiger partial charge in [0.2, 0.25) is 0 Å². The van der Waals surface area contributed by atoms with Gasteiger partial charge in [-0.1, -0.05) is 6.07 Å². The van der Waals surface area contributed by atoms with E-state index in [0.29, 0.717) is 42.9 Å². The number of amides is 1. The highest BCUT2D eigenvalue weighted by Crippen LogP contribution is 2.19. The van der Waals surface area contributed by atoms with Gasteiger partial charge in [0, 0.05) is 38.3 Å². The van der Waals surface area contributed by atoms with Gasteiger partial charge < -0.3 is 14.2 Å². The van der Waals surface area contributed by atoms with Crippen molar-refractivity contribution in [1.82, 2.24) is 14.5 Å². The van der Waals surface area contributed by atoms with Crippen LogP contribution in [-0.4, -0.2) is 46.5 Å². The molecule has 0 atom stereocenters. The second-order valence-electron chi connectivity index (χ2n) is 6.32. The molecule has 0 saturated carbocycles. The molecule has 0 aromatic carbocycles. The van der Waals surface area contributed by atoms with Crippen molar-refractivity contribution in [2.24, 2.45) is 7.05 Å². The molecule has 1 aliphatic rings. The number of aryl methyl sites for hydroxylation is 1. The number of carbonyl (C=O) groups is 2. The summed E-state index contributed by atoms with van der Waals surface area (Å²) < 4.78 is 6.16. The van der Waals surface area contributed by atoms with E-state index in [9.17, 15) is 14.4 Å². The third-order valence-corrected chi connectivity index (χ3v) is 4.75. The maximum absolute atomic E-state index is 12.8. The molecular formula is C19H21N3O4. The first-order valence-corrected chi connectivity index (χ1v) is 8.45. The molecular weight excluding hydrogens is 334 g/mol. The summed E-state index contributed by atoms with van der Waals surface area (Å²) in [5.74, 6) is -0.586. The van der Waals surface area contributed by atoms with Crippen molar-refractivity contribution in [3.63, 3.8) is 0 Å². The van der Waals surface area contributed by atoms with Gasteiger partial charge in [0.25, 0.3) is 11.5 Å². The van der Waals surface area contributed by atoms with E-state index in [-0.39, 0.29) is 11.5 Å². The van der Waals surface area contributed by atoms with Crippen LogP contribution >= 0.6 is 0 Å². The minimum atomic E-state index is -0.408. The smallest absolute Gasteiger partial charge is 0.339 e. The van der Waals surface area contributed by atoms with Gasteiger partial charge in [-0.15, -0.1) is 0 Å². The highest BCUT2D eigenvalue weighted by atomic mass is 16.5. The fourth-order valence-electron chi connectivity index (χ4n) is 3.20. The van der Waals surface area contributed by atoms with Gasteiger partial charge in [0.15, 0.2) is 0 Å². The SMILES string of the molecule is COC(=O)c1cc2c(nc1C)CCN(C(=O)c1cccc(=O)n1C)CC2. The summed E-state index contributed by atoms with van der Waals surface area (Å²) in [4.78, 5) is 42.8. The summed E-state index contributed by atoms with van der Waals surface area (Å²) >= 11 is 0. The molecule has 0 radical (unpaired) electrons. The Balaban J connectivity index is 1.86. The Morgan fingerprint density at radius 1 is 1.19 bits per heavy atom. The largest absolute Gasteiger partial charge is 0.465 e. The Kier molecular flexibility index (Phi) is 4.88. The van der Waals surface area contributed by atoms with E-state index < -0.39 is 5.97 Å². The van der Waals surface area contributed by atoms with Gasteiger partial charge in [0.1, 0.15) is 5.69 Å². The molecule has 0 N–H and O–H groups in total. The summed E-state index contributed by atoms with van der Waals surface area (Å²) in [5.41, 5.74) is 3.08. The molecule has 0 unspecified atom stereocenters. The number of carbonyl (C=O) groups excluding carboxylic acids is 2. The van der Waals surface area contributed by atoms with Crippen LogP contribution in [0, 0.1) is 6.92 Å². The number of rotatable bonds is 2. The van der Waals surface area contributed by atoms with E-state index in [0.717, 1.165) is 11.3 Å². The number of esters is 1. The van der Waals surface area contributed by atoms with Crippen molar-refractivity contribution in [2.75, 3.05) is 20.2 Å². The lowest BCUT2D eigenvalue weighted by atomic mass is 10.0. The Hall–Kier alpha value is -2.96. The standard InChI is InChI=1S/C19H21N3O4/c1-12-14(19(25)26-3)11-13-7-9-22(10-8-15(13)20-12)18(24)16-5-4-6-17(23)21(16)2/h4-6,11H,7-10H2,1-3H3. The van der Waals surface area contributed by atoms with Crippen LogP contribution in [-0.2, 0) is 24.6 Å². The minimum absolute atomic E-state index is 0.178. The molecule has 136 valence electrons. The first-order valence-electron chi connectivity index (χ1n) is 8.45. The third kappa shape index (κ3) is 3.24. The van der Waals surface area contributed by atoms with E-state index >= 15 is 0 Å². The van der Waals surface area contributed by atoms with Gasteiger partial charge in [-0.05, 0) is 31.0 Å². The summed E-state index contributed by atoms with van der Waals surface area (Å²) in [6.07, 6.45) is 1.20. The van der Waals surface area contributed by atoms with Crippen LogP contribution in [0.3, 0.4) is 0 Å². The molecule has 2 aromatic heterocycles. The van der Waals surface area contributed by atoms with Crippen LogP contribution in [0.15, 0.2) is 29.1 Å². The monoisotopic (exact) mass is 355 g/mol. The fourth-order valence-corrected chi connectivity index (χ4v) is 3.20. The second-order valence-corrected chi connectivity index (χ2v) is 6.32. The topological polar surface area (TPSA) is 81.5 Å². The molecule has 1 aliphatic heterocycles. The van der Waals surface area contributed by atoms with Crippen molar-refractivity contribution < 1.29 is 14.3 Å². The second kappa shape index (κ2) is 7.11.